The SMILES string of the molecule is C[C@@H](NC(=O)COC(=O)/C=C/c1ccc(Br)o1)c1ccc(Cl)cc1. The Balaban J connectivity index is 1.76. The van der Waals surface area contributed by atoms with Crippen LogP contribution in [0.1, 0.15) is 24.3 Å². The third kappa shape index (κ3) is 5.86. The number of amides is 1. The molecule has 2 aromatic rings. The molecule has 0 aliphatic carbocycles. The minimum Gasteiger partial charge on any atom is -0.452 e. The van der Waals surface area contributed by atoms with Crippen LogP contribution in [-0.4, -0.2) is 18.5 Å². The van der Waals surface area contributed by atoms with Crippen molar-refractivity contribution in [3.05, 3.63) is 63.5 Å². The predicted molar refractivity (Wildman–Crippen MR) is 94.4 cm³/mol. The lowest BCUT2D eigenvalue weighted by Gasteiger charge is -2.14. The summed E-state index contributed by atoms with van der Waals surface area (Å²) in [6.45, 7) is 1.47. The van der Waals surface area contributed by atoms with E-state index in [0.717, 1.165) is 5.56 Å². The maximum absolute atomic E-state index is 11.8. The van der Waals surface area contributed by atoms with E-state index in [1.54, 1.807) is 24.3 Å². The third-order valence-electron chi connectivity index (χ3n) is 3.07. The van der Waals surface area contributed by atoms with Crippen LogP contribution in [0.2, 0.25) is 5.02 Å². The third-order valence-corrected chi connectivity index (χ3v) is 3.75. The molecule has 0 aliphatic rings. The Hall–Kier alpha value is -2.05. The van der Waals surface area contributed by atoms with Gasteiger partial charge in [-0.25, -0.2) is 4.79 Å². The summed E-state index contributed by atoms with van der Waals surface area (Å²) in [4.78, 5) is 23.4. The first-order valence-electron chi connectivity index (χ1n) is 7.09. The Morgan fingerprint density at radius 3 is 2.62 bits per heavy atom. The Bertz CT molecular complexity index is 739. The van der Waals surface area contributed by atoms with E-state index in [0.29, 0.717) is 15.5 Å². The molecule has 24 heavy (non-hydrogen) atoms. The number of benzene rings is 1. The number of rotatable bonds is 6. The minimum atomic E-state index is -0.628. The first-order valence-corrected chi connectivity index (χ1v) is 8.26. The van der Waals surface area contributed by atoms with Crippen LogP contribution in [0.4, 0.5) is 0 Å². The molecule has 1 aromatic heterocycles. The van der Waals surface area contributed by atoms with Crippen LogP contribution in [0.3, 0.4) is 0 Å². The van der Waals surface area contributed by atoms with Crippen molar-refractivity contribution < 1.29 is 18.7 Å². The zero-order valence-corrected chi connectivity index (χ0v) is 15.1. The summed E-state index contributed by atoms with van der Waals surface area (Å²) in [5.41, 5.74) is 0.905. The smallest absolute Gasteiger partial charge is 0.331 e. The second kappa shape index (κ2) is 8.70. The fourth-order valence-electron chi connectivity index (χ4n) is 1.87. The Morgan fingerprint density at radius 2 is 2.00 bits per heavy atom. The fourth-order valence-corrected chi connectivity index (χ4v) is 2.32. The summed E-state index contributed by atoms with van der Waals surface area (Å²) < 4.78 is 10.6. The number of carbonyl (C=O) groups excluding carboxylic acids is 2. The Morgan fingerprint density at radius 1 is 1.29 bits per heavy atom. The highest BCUT2D eigenvalue weighted by Crippen LogP contribution is 2.16. The van der Waals surface area contributed by atoms with Crippen molar-refractivity contribution in [3.8, 4) is 0 Å². The molecule has 0 saturated carbocycles. The maximum atomic E-state index is 11.8. The van der Waals surface area contributed by atoms with E-state index < -0.39 is 5.97 Å². The van der Waals surface area contributed by atoms with Gasteiger partial charge < -0.3 is 14.5 Å². The van der Waals surface area contributed by atoms with Gasteiger partial charge in [-0.05, 0) is 58.8 Å². The van der Waals surface area contributed by atoms with Crippen LogP contribution >= 0.6 is 27.5 Å². The largest absolute Gasteiger partial charge is 0.452 e. The molecular weight excluding hydrogens is 398 g/mol. The van der Waals surface area contributed by atoms with Gasteiger partial charge in [-0.15, -0.1) is 0 Å². The first-order chi connectivity index (χ1) is 11.4. The molecule has 2 rings (SSSR count). The maximum Gasteiger partial charge on any atom is 0.331 e. The summed E-state index contributed by atoms with van der Waals surface area (Å²) >= 11 is 8.98. The molecule has 0 saturated heterocycles. The van der Waals surface area contributed by atoms with Crippen molar-refractivity contribution in [1.29, 1.82) is 0 Å². The summed E-state index contributed by atoms with van der Waals surface area (Å²) in [6, 6.07) is 10.3. The fraction of sp³-hybridized carbons (Fsp3) is 0.176. The molecule has 1 aromatic carbocycles. The van der Waals surface area contributed by atoms with E-state index in [9.17, 15) is 9.59 Å². The standard InChI is InChI=1S/C17H15BrClNO4/c1-11(12-2-4-13(19)5-3-12)20-16(21)10-23-17(22)9-7-14-6-8-15(18)24-14/h2-9,11H,10H2,1H3,(H,20,21)/b9-7+/t11-/m1/s1. The summed E-state index contributed by atoms with van der Waals surface area (Å²) in [5.74, 6) is -0.517. The van der Waals surface area contributed by atoms with Gasteiger partial charge in [0.15, 0.2) is 11.3 Å². The summed E-state index contributed by atoms with van der Waals surface area (Å²) in [5, 5.41) is 3.37. The molecule has 0 spiro atoms. The van der Waals surface area contributed by atoms with Gasteiger partial charge in [0, 0.05) is 11.1 Å². The number of hydrogen-bond donors (Lipinski definition) is 1. The molecule has 1 amide bonds. The van der Waals surface area contributed by atoms with Crippen LogP contribution in [-0.2, 0) is 14.3 Å². The van der Waals surface area contributed by atoms with Crippen molar-refractivity contribution in [2.45, 2.75) is 13.0 Å². The highest BCUT2D eigenvalue weighted by Gasteiger charge is 2.11. The number of ether oxygens (including phenoxy) is 1. The van der Waals surface area contributed by atoms with Gasteiger partial charge in [0.05, 0.1) is 6.04 Å². The van der Waals surface area contributed by atoms with Crippen molar-refractivity contribution in [2.24, 2.45) is 0 Å². The van der Waals surface area contributed by atoms with Gasteiger partial charge in [-0.3, -0.25) is 4.79 Å². The van der Waals surface area contributed by atoms with Gasteiger partial charge >= 0.3 is 5.97 Å². The van der Waals surface area contributed by atoms with Crippen LogP contribution in [0.25, 0.3) is 6.08 Å². The molecule has 0 bridgehead atoms. The second-order valence-corrected chi connectivity index (χ2v) is 6.14. The Kier molecular flexibility index (Phi) is 6.63. The van der Waals surface area contributed by atoms with E-state index in [1.165, 1.54) is 12.2 Å². The average Bonchev–Trinajstić information content (AvgIpc) is 2.97. The van der Waals surface area contributed by atoms with Gasteiger partial charge in [0.1, 0.15) is 5.76 Å². The zero-order chi connectivity index (χ0) is 17.5. The van der Waals surface area contributed by atoms with Crippen molar-refractivity contribution in [3.63, 3.8) is 0 Å². The van der Waals surface area contributed by atoms with Crippen LogP contribution < -0.4 is 5.32 Å². The highest BCUT2D eigenvalue weighted by molar-refractivity contribution is 9.10. The molecule has 7 heteroatoms. The van der Waals surface area contributed by atoms with Crippen LogP contribution in [0.5, 0.6) is 0 Å². The Labute approximate surface area is 152 Å². The van der Waals surface area contributed by atoms with E-state index >= 15 is 0 Å². The topological polar surface area (TPSA) is 68.5 Å². The van der Waals surface area contributed by atoms with Crippen molar-refractivity contribution in [1.82, 2.24) is 5.32 Å². The van der Waals surface area contributed by atoms with E-state index in [-0.39, 0.29) is 18.6 Å². The van der Waals surface area contributed by atoms with Crippen LogP contribution in [0, 0.1) is 0 Å². The summed E-state index contributed by atoms with van der Waals surface area (Å²) in [7, 11) is 0. The quantitative estimate of drug-likeness (QED) is 0.572. The molecule has 0 aliphatic heterocycles. The van der Waals surface area contributed by atoms with Gasteiger partial charge in [-0.1, -0.05) is 23.7 Å². The number of halogens is 2. The monoisotopic (exact) mass is 411 g/mol. The van der Waals surface area contributed by atoms with E-state index in [4.69, 9.17) is 20.8 Å². The number of hydrogen-bond acceptors (Lipinski definition) is 4. The minimum absolute atomic E-state index is 0.218. The molecule has 1 atom stereocenters. The van der Waals surface area contributed by atoms with E-state index in [2.05, 4.69) is 21.2 Å². The highest BCUT2D eigenvalue weighted by atomic mass is 79.9. The lowest BCUT2D eigenvalue weighted by Crippen LogP contribution is -2.30. The number of nitrogens with one attached hydrogen (secondary N) is 1. The molecular formula is C17H15BrClNO4. The lowest BCUT2D eigenvalue weighted by molar-refractivity contribution is -0.144. The van der Waals surface area contributed by atoms with Crippen LogP contribution in [0.15, 0.2) is 51.6 Å². The number of carbonyl (C=O) groups is 2. The number of furan rings is 1. The molecule has 1 N–H and O–H groups in total. The predicted octanol–water partition coefficient (Wildman–Crippen LogP) is 4.13. The average molecular weight is 413 g/mol. The molecule has 1 heterocycles. The molecule has 5 nitrogen and oxygen atoms in total. The zero-order valence-electron chi connectivity index (χ0n) is 12.8. The molecule has 0 fully saturated rings. The summed E-state index contributed by atoms with van der Waals surface area (Å²) in [6.07, 6.45) is 2.66. The molecule has 0 unspecified atom stereocenters. The molecule has 0 radical (unpaired) electrons. The van der Waals surface area contributed by atoms with Gasteiger partial charge in [0.25, 0.3) is 5.91 Å². The van der Waals surface area contributed by atoms with Gasteiger partial charge in [0.2, 0.25) is 0 Å². The van der Waals surface area contributed by atoms with E-state index in [1.807, 2.05) is 19.1 Å². The first kappa shape index (κ1) is 18.3. The molecule has 126 valence electrons. The number of esters is 1. The van der Waals surface area contributed by atoms with Gasteiger partial charge in [-0.2, -0.15) is 0 Å². The lowest BCUT2D eigenvalue weighted by atomic mass is 10.1. The normalized spacial score (nSPS) is 12.1. The second-order valence-electron chi connectivity index (χ2n) is 4.92. The van der Waals surface area contributed by atoms with Crippen molar-refractivity contribution in [2.75, 3.05) is 6.61 Å². The van der Waals surface area contributed by atoms with Crippen molar-refractivity contribution >= 4 is 45.5 Å².